The molecule has 0 aliphatic carbocycles. The van der Waals surface area contributed by atoms with Gasteiger partial charge in [0.05, 0.1) is 12.9 Å². The Bertz CT molecular complexity index is 794. The number of nitrogens with one attached hydrogen (secondary N) is 1. The van der Waals surface area contributed by atoms with Crippen molar-refractivity contribution in [3.63, 3.8) is 0 Å². The summed E-state index contributed by atoms with van der Waals surface area (Å²) < 4.78 is 29.0. The predicted octanol–water partition coefficient (Wildman–Crippen LogP) is 1.78. The predicted molar refractivity (Wildman–Crippen MR) is 74.7 cm³/mol. The zero-order valence-electron chi connectivity index (χ0n) is 11.1. The number of nitrogens with two attached hydrogens (primary N) is 1. The molecular weight excluding hydrogens is 278 g/mol. The molecule has 0 spiro atoms. The van der Waals surface area contributed by atoms with E-state index in [1.807, 2.05) is 0 Å². The highest BCUT2D eigenvalue weighted by atomic mass is 19.1. The normalized spacial score (nSPS) is 11.0. The molecule has 3 aromatic rings. The summed E-state index contributed by atoms with van der Waals surface area (Å²) >= 11 is 0. The number of halogens is 2. The summed E-state index contributed by atoms with van der Waals surface area (Å²) in [6.07, 6.45) is 1.43. The smallest absolute Gasteiger partial charge is 0.226 e. The highest BCUT2D eigenvalue weighted by molar-refractivity contribution is 5.82. The number of nitrogen functional groups attached to an aromatic ring is 1. The molecule has 8 heteroatoms. The Morgan fingerprint density at radius 1 is 1.24 bits per heavy atom. The molecule has 3 N–H and O–H groups in total. The maximum absolute atomic E-state index is 13.7. The molecule has 21 heavy (non-hydrogen) atoms. The molecule has 0 unspecified atom stereocenters. The topological polar surface area (TPSA) is 81.6 Å². The third-order valence-electron chi connectivity index (χ3n) is 3.10. The number of benzene rings is 1. The molecule has 2 heterocycles. The molecule has 0 fully saturated rings. The van der Waals surface area contributed by atoms with E-state index in [0.29, 0.717) is 17.1 Å². The highest BCUT2D eigenvalue weighted by Gasteiger charge is 2.14. The largest absolute Gasteiger partial charge is 0.382 e. The molecular formula is C13H12F2N6. The van der Waals surface area contributed by atoms with Crippen molar-refractivity contribution >= 4 is 22.9 Å². The molecule has 0 atom stereocenters. The maximum Gasteiger partial charge on any atom is 0.226 e. The molecule has 0 aliphatic rings. The monoisotopic (exact) mass is 290 g/mol. The SMILES string of the molecule is CNc1nc(N)c2ncn(Cc3c(F)cccc3F)c2n1. The number of hydrogen-bond donors (Lipinski definition) is 2. The minimum atomic E-state index is -0.618. The van der Waals surface area contributed by atoms with Gasteiger partial charge in [0.25, 0.3) is 0 Å². The van der Waals surface area contributed by atoms with Crippen molar-refractivity contribution in [1.82, 2.24) is 19.5 Å². The van der Waals surface area contributed by atoms with Crippen LogP contribution < -0.4 is 11.1 Å². The summed E-state index contributed by atoms with van der Waals surface area (Å²) in [7, 11) is 1.65. The van der Waals surface area contributed by atoms with Crippen LogP contribution in [0.4, 0.5) is 20.5 Å². The van der Waals surface area contributed by atoms with E-state index in [1.54, 1.807) is 7.05 Å². The van der Waals surface area contributed by atoms with Gasteiger partial charge in [-0.15, -0.1) is 0 Å². The van der Waals surface area contributed by atoms with Gasteiger partial charge in [-0.2, -0.15) is 9.97 Å². The average molecular weight is 290 g/mol. The highest BCUT2D eigenvalue weighted by Crippen LogP contribution is 2.20. The van der Waals surface area contributed by atoms with Gasteiger partial charge in [0.15, 0.2) is 11.5 Å². The fourth-order valence-corrected chi connectivity index (χ4v) is 2.05. The van der Waals surface area contributed by atoms with Crippen LogP contribution in [-0.2, 0) is 6.54 Å². The van der Waals surface area contributed by atoms with Gasteiger partial charge in [0.1, 0.15) is 17.2 Å². The van der Waals surface area contributed by atoms with Crippen molar-refractivity contribution in [3.05, 3.63) is 41.7 Å². The van der Waals surface area contributed by atoms with Gasteiger partial charge in [0, 0.05) is 12.6 Å². The molecule has 1 aromatic carbocycles. The van der Waals surface area contributed by atoms with Crippen LogP contribution in [-0.4, -0.2) is 26.6 Å². The number of anilines is 2. The van der Waals surface area contributed by atoms with E-state index in [0.717, 1.165) is 0 Å². The van der Waals surface area contributed by atoms with Crippen molar-refractivity contribution in [2.24, 2.45) is 0 Å². The number of imidazole rings is 1. The third-order valence-corrected chi connectivity index (χ3v) is 3.10. The van der Waals surface area contributed by atoms with Gasteiger partial charge >= 0.3 is 0 Å². The first-order chi connectivity index (χ1) is 10.1. The Labute approximate surface area is 118 Å². The summed E-state index contributed by atoms with van der Waals surface area (Å²) in [6.45, 7) is -0.0331. The molecule has 0 bridgehead atoms. The maximum atomic E-state index is 13.7. The molecule has 6 nitrogen and oxygen atoms in total. The summed E-state index contributed by atoms with van der Waals surface area (Å²) in [4.78, 5) is 12.3. The van der Waals surface area contributed by atoms with Crippen molar-refractivity contribution in [2.75, 3.05) is 18.1 Å². The lowest BCUT2D eigenvalue weighted by Gasteiger charge is -2.07. The van der Waals surface area contributed by atoms with E-state index in [-0.39, 0.29) is 17.9 Å². The molecule has 3 rings (SSSR count). The van der Waals surface area contributed by atoms with Crippen LogP contribution in [0.25, 0.3) is 11.2 Å². The van der Waals surface area contributed by atoms with Crippen LogP contribution in [0.1, 0.15) is 5.56 Å². The molecule has 0 saturated heterocycles. The van der Waals surface area contributed by atoms with Crippen molar-refractivity contribution in [2.45, 2.75) is 6.54 Å². The first kappa shape index (κ1) is 13.2. The molecule has 0 aliphatic heterocycles. The lowest BCUT2D eigenvalue weighted by Crippen LogP contribution is -2.06. The Morgan fingerprint density at radius 3 is 2.62 bits per heavy atom. The first-order valence-electron chi connectivity index (χ1n) is 6.19. The standard InChI is InChI=1S/C13H12F2N6/c1-17-13-19-11(16)10-12(20-13)21(6-18-10)5-7-8(14)3-2-4-9(7)15/h2-4,6H,5H2,1H3,(H3,16,17,19,20). The molecule has 0 amide bonds. The van der Waals surface area contributed by atoms with Crippen molar-refractivity contribution in [1.29, 1.82) is 0 Å². The van der Waals surface area contributed by atoms with Crippen LogP contribution in [0.3, 0.4) is 0 Å². The van der Waals surface area contributed by atoms with Crippen LogP contribution in [0, 0.1) is 11.6 Å². The van der Waals surface area contributed by atoms with E-state index in [1.165, 1.54) is 29.1 Å². The summed E-state index contributed by atoms with van der Waals surface area (Å²) in [5.41, 5.74) is 6.53. The lowest BCUT2D eigenvalue weighted by atomic mass is 10.2. The van der Waals surface area contributed by atoms with Crippen LogP contribution in [0.2, 0.25) is 0 Å². The van der Waals surface area contributed by atoms with E-state index in [2.05, 4.69) is 20.3 Å². The first-order valence-corrected chi connectivity index (χ1v) is 6.19. The molecule has 0 saturated carbocycles. The van der Waals surface area contributed by atoms with E-state index < -0.39 is 11.6 Å². The number of rotatable bonds is 3. The number of nitrogens with zero attached hydrogens (tertiary/aromatic N) is 4. The number of hydrogen-bond acceptors (Lipinski definition) is 5. The van der Waals surface area contributed by atoms with Gasteiger partial charge in [-0.05, 0) is 12.1 Å². The summed E-state index contributed by atoms with van der Waals surface area (Å²) in [5.74, 6) is -0.715. The molecule has 2 aromatic heterocycles. The van der Waals surface area contributed by atoms with Crippen LogP contribution in [0.5, 0.6) is 0 Å². The van der Waals surface area contributed by atoms with E-state index in [4.69, 9.17) is 5.73 Å². The zero-order valence-corrected chi connectivity index (χ0v) is 11.1. The van der Waals surface area contributed by atoms with Crippen molar-refractivity contribution in [3.8, 4) is 0 Å². The zero-order chi connectivity index (χ0) is 15.0. The van der Waals surface area contributed by atoms with E-state index in [9.17, 15) is 8.78 Å². The number of fused-ring (bicyclic) bond motifs is 1. The lowest BCUT2D eigenvalue weighted by molar-refractivity contribution is 0.546. The second-order valence-corrected chi connectivity index (χ2v) is 4.43. The van der Waals surface area contributed by atoms with Gasteiger partial charge in [0.2, 0.25) is 5.95 Å². The molecule has 0 radical (unpaired) electrons. The second-order valence-electron chi connectivity index (χ2n) is 4.43. The Kier molecular flexibility index (Phi) is 3.13. The minimum absolute atomic E-state index is 0.0331. The third kappa shape index (κ3) is 2.24. The van der Waals surface area contributed by atoms with Gasteiger partial charge in [-0.1, -0.05) is 6.07 Å². The molecule has 108 valence electrons. The Morgan fingerprint density at radius 2 is 1.95 bits per heavy atom. The van der Waals surface area contributed by atoms with Gasteiger partial charge in [-0.3, -0.25) is 0 Å². The fourth-order valence-electron chi connectivity index (χ4n) is 2.05. The quantitative estimate of drug-likeness (QED) is 0.768. The van der Waals surface area contributed by atoms with Crippen LogP contribution >= 0.6 is 0 Å². The van der Waals surface area contributed by atoms with Gasteiger partial charge < -0.3 is 15.6 Å². The average Bonchev–Trinajstić information content (AvgIpc) is 2.86. The van der Waals surface area contributed by atoms with Gasteiger partial charge in [-0.25, -0.2) is 13.8 Å². The van der Waals surface area contributed by atoms with E-state index >= 15 is 0 Å². The fraction of sp³-hybridized carbons (Fsp3) is 0.154. The number of aromatic nitrogens is 4. The second kappa shape index (κ2) is 4.97. The van der Waals surface area contributed by atoms with Crippen LogP contribution in [0.15, 0.2) is 24.5 Å². The summed E-state index contributed by atoms with van der Waals surface area (Å²) in [6, 6.07) is 3.74. The van der Waals surface area contributed by atoms with Crippen molar-refractivity contribution < 1.29 is 8.78 Å². The Hall–Kier alpha value is -2.77. The summed E-state index contributed by atoms with van der Waals surface area (Å²) in [5, 5.41) is 2.77. The minimum Gasteiger partial charge on any atom is -0.382 e. The Balaban J connectivity index is 2.11.